The Kier molecular flexibility index (Phi) is 34.8. The summed E-state index contributed by atoms with van der Waals surface area (Å²) < 4.78 is 41.7. The summed E-state index contributed by atoms with van der Waals surface area (Å²) in [7, 11) is 0. The van der Waals surface area contributed by atoms with Crippen LogP contribution in [0.1, 0.15) is 80.1 Å². The largest absolute Gasteiger partial charge is 0.394 e. The predicted octanol–water partition coefficient (Wildman–Crippen LogP) is -5.59. The van der Waals surface area contributed by atoms with Crippen LogP contribution in [0.3, 0.4) is 0 Å². The van der Waals surface area contributed by atoms with Gasteiger partial charge >= 0.3 is 0 Å². The number of hydrogen-bond donors (Lipinski definition) is 19. The van der Waals surface area contributed by atoms with Crippen LogP contribution in [0.4, 0.5) is 0 Å². The molecule has 27 heteroatoms. The Morgan fingerprint density at radius 2 is 0.563 bits per heavy atom. The van der Waals surface area contributed by atoms with Crippen molar-refractivity contribution >= 4 is 25.3 Å². The van der Waals surface area contributed by atoms with Crippen LogP contribution in [0.5, 0.6) is 0 Å². The van der Waals surface area contributed by atoms with Gasteiger partial charge in [0.05, 0.1) is 43.7 Å². The van der Waals surface area contributed by atoms with Gasteiger partial charge in [0.2, 0.25) is 0 Å². The topological polar surface area (TPSA) is 418 Å². The lowest BCUT2D eigenvalue weighted by atomic mass is 9.96. The maximum atomic E-state index is 9.58. The molecule has 426 valence electrons. The van der Waals surface area contributed by atoms with Crippen molar-refractivity contribution in [1.29, 1.82) is 0 Å². The fraction of sp³-hybridized carbons (Fsp3) is 1.00. The fourth-order valence-corrected chi connectivity index (χ4v) is 7.77. The third-order valence-corrected chi connectivity index (χ3v) is 12.8. The molecule has 0 aromatic rings. The van der Waals surface area contributed by atoms with E-state index < -0.39 is 166 Å². The molecule has 71 heavy (non-hydrogen) atoms. The lowest BCUT2D eigenvalue weighted by Gasteiger charge is -2.39. The van der Waals surface area contributed by atoms with Gasteiger partial charge in [0.15, 0.2) is 18.9 Å². The number of aliphatic hydroxyl groups excluding tert-OH is 17. The molecule has 0 aromatic heterocycles. The second kappa shape index (κ2) is 35.9. The number of thiol groups is 2. The molecule has 17 N–H and O–H groups in total. The molecule has 0 saturated carbocycles. The SMILES string of the molecule is CCCCO[C@@H]1OC(C)[C@@H](O)C(O)[C@@H]1O.CCCCO[C@@H]1OC(CO)[C@H](O)[C@H](O)C1O.CCCCO[C@H]1OC(CO)[C@@H](O)[C@H](O)C1O.C[C@H]1OC(CS)[C@@H](O)[C@H](O)C1O.C[C@H]1OC(CS)[C@@H](O)[C@H](O)C1O. The van der Waals surface area contributed by atoms with Crippen LogP contribution in [0.25, 0.3) is 0 Å². The molecule has 5 aliphatic rings. The van der Waals surface area contributed by atoms with Crippen LogP contribution in [-0.4, -0.2) is 285 Å². The monoisotopic (exact) mass is 1080 g/mol. The Morgan fingerprint density at radius 1 is 0.324 bits per heavy atom. The van der Waals surface area contributed by atoms with Crippen molar-refractivity contribution in [3.8, 4) is 0 Å². The summed E-state index contributed by atoms with van der Waals surface area (Å²) in [5, 5.41) is 159. The van der Waals surface area contributed by atoms with Gasteiger partial charge in [-0.05, 0) is 40.0 Å². The van der Waals surface area contributed by atoms with Crippen LogP contribution in [0.15, 0.2) is 0 Å². The van der Waals surface area contributed by atoms with Gasteiger partial charge in [-0.2, -0.15) is 25.3 Å². The highest BCUT2D eigenvalue weighted by Crippen LogP contribution is 2.26. The first-order chi connectivity index (χ1) is 33.4. The number of aliphatic hydroxyl groups is 17. The van der Waals surface area contributed by atoms with E-state index in [2.05, 4.69) is 25.3 Å². The first-order valence-corrected chi connectivity index (χ1v) is 25.5. The van der Waals surface area contributed by atoms with Crippen molar-refractivity contribution < 1.29 is 125 Å². The first-order valence-electron chi connectivity index (χ1n) is 24.2. The molecular weight excluding hydrogens is 993 g/mol. The Balaban J connectivity index is 0.000000446. The van der Waals surface area contributed by atoms with E-state index in [0.717, 1.165) is 38.5 Å². The molecule has 0 amide bonds. The summed E-state index contributed by atoms with van der Waals surface area (Å²) in [6.07, 6.45) is -19.5. The van der Waals surface area contributed by atoms with E-state index >= 15 is 0 Å². The molecule has 25 nitrogen and oxygen atoms in total. The first kappa shape index (κ1) is 68.7. The third-order valence-electron chi connectivity index (χ3n) is 12.1. The molecule has 5 heterocycles. The molecule has 10 unspecified atom stereocenters. The minimum Gasteiger partial charge on any atom is -0.394 e. The van der Waals surface area contributed by atoms with Gasteiger partial charge in [-0.15, -0.1) is 0 Å². The second-order valence-corrected chi connectivity index (χ2v) is 18.5. The minimum atomic E-state index is -1.36. The van der Waals surface area contributed by atoms with Gasteiger partial charge in [-0.25, -0.2) is 0 Å². The van der Waals surface area contributed by atoms with E-state index in [0.29, 0.717) is 31.3 Å². The molecular formula is C44H88O25S2. The fourth-order valence-electron chi connectivity index (χ4n) is 7.17. The predicted molar refractivity (Wildman–Crippen MR) is 255 cm³/mol. The van der Waals surface area contributed by atoms with Crippen molar-refractivity contribution in [2.24, 2.45) is 0 Å². The molecule has 0 bridgehead atoms. The minimum absolute atomic E-state index is 0.329. The maximum Gasteiger partial charge on any atom is 0.186 e. The van der Waals surface area contributed by atoms with Crippen LogP contribution in [-0.2, 0) is 37.9 Å². The molecule has 5 rings (SSSR count). The Hall–Kier alpha value is -0.300. The van der Waals surface area contributed by atoms with Crippen LogP contribution in [0.2, 0.25) is 0 Å². The molecule has 25 atom stereocenters. The molecule has 0 aromatic carbocycles. The van der Waals surface area contributed by atoms with Crippen molar-refractivity contribution in [2.75, 3.05) is 44.5 Å². The zero-order chi connectivity index (χ0) is 54.3. The standard InChI is InChI=1S/2C10H20O6.C10H20O5.2C7H14O4S/c2*1-2-3-4-15-10-9(14)8(13)7(12)6(5-11)16-10;1-3-4-5-14-10-9(13)8(12)7(11)6(2)15-10;2*1-3-5(8)7(10)6(9)4(2-12)11-3/h2*6-14H,2-5H2,1H3;6-13H,3-5H2,1-2H3;2*3-10,12H,2H2,1H3/t6?,7-,8+,9?,10+;6?,7-,8-,9?,10+;6?,7-,8?,9+,10-;2*3-,4?,5?,6-,7-/m10111/s1. The smallest absolute Gasteiger partial charge is 0.186 e. The number of ether oxygens (including phenoxy) is 8. The maximum absolute atomic E-state index is 9.58. The van der Waals surface area contributed by atoms with Crippen LogP contribution >= 0.6 is 25.3 Å². The van der Waals surface area contributed by atoms with E-state index in [1.807, 2.05) is 20.8 Å². The summed E-state index contributed by atoms with van der Waals surface area (Å²) in [6, 6.07) is 0. The van der Waals surface area contributed by atoms with Crippen molar-refractivity contribution in [3.63, 3.8) is 0 Å². The number of unbranched alkanes of at least 4 members (excludes halogenated alkanes) is 3. The molecule has 0 aliphatic carbocycles. The van der Waals surface area contributed by atoms with Crippen molar-refractivity contribution in [3.05, 3.63) is 0 Å². The van der Waals surface area contributed by atoms with Gasteiger partial charge in [0, 0.05) is 31.3 Å². The molecule has 5 saturated heterocycles. The summed E-state index contributed by atoms with van der Waals surface area (Å²) in [6.45, 7) is 11.4. The highest BCUT2D eigenvalue weighted by molar-refractivity contribution is 7.80. The highest BCUT2D eigenvalue weighted by Gasteiger charge is 2.46. The zero-order valence-corrected chi connectivity index (χ0v) is 43.2. The van der Waals surface area contributed by atoms with Crippen molar-refractivity contribution in [1.82, 2.24) is 0 Å². The van der Waals surface area contributed by atoms with E-state index in [1.54, 1.807) is 20.8 Å². The summed E-state index contributed by atoms with van der Waals surface area (Å²) in [5.74, 6) is 0.657. The van der Waals surface area contributed by atoms with E-state index in [9.17, 15) is 76.6 Å². The Labute approximate surface area is 426 Å². The number of rotatable bonds is 16. The van der Waals surface area contributed by atoms with Crippen LogP contribution < -0.4 is 0 Å². The number of hydrogen-bond acceptors (Lipinski definition) is 27. The molecule has 0 radical (unpaired) electrons. The van der Waals surface area contributed by atoms with Gasteiger partial charge in [0.25, 0.3) is 0 Å². The second-order valence-electron chi connectivity index (χ2n) is 17.8. The summed E-state index contributed by atoms with van der Waals surface area (Å²) in [4.78, 5) is 0. The lowest BCUT2D eigenvalue weighted by molar-refractivity contribution is -0.301. The van der Waals surface area contributed by atoms with Gasteiger partial charge in [-0.1, -0.05) is 40.0 Å². The zero-order valence-electron chi connectivity index (χ0n) is 41.4. The quantitative estimate of drug-likeness (QED) is 0.0506. The van der Waals surface area contributed by atoms with Gasteiger partial charge in [0.1, 0.15) is 104 Å². The highest BCUT2D eigenvalue weighted by atomic mass is 32.1. The summed E-state index contributed by atoms with van der Waals surface area (Å²) >= 11 is 7.91. The summed E-state index contributed by atoms with van der Waals surface area (Å²) in [5.41, 5.74) is 0. The average Bonchev–Trinajstić information content (AvgIpc) is 3.36. The Bertz CT molecular complexity index is 1250. The van der Waals surface area contributed by atoms with Gasteiger partial charge < -0.3 is 125 Å². The van der Waals surface area contributed by atoms with Gasteiger partial charge in [-0.3, -0.25) is 0 Å². The van der Waals surface area contributed by atoms with Crippen molar-refractivity contribution in [2.45, 2.75) is 233 Å². The Morgan fingerprint density at radius 3 is 0.831 bits per heavy atom. The molecule has 5 aliphatic heterocycles. The normalized spacial score (nSPS) is 43.5. The lowest BCUT2D eigenvalue weighted by Crippen LogP contribution is -2.59. The average molecular weight is 1080 g/mol. The van der Waals surface area contributed by atoms with Crippen LogP contribution in [0, 0.1) is 0 Å². The van der Waals surface area contributed by atoms with E-state index in [-0.39, 0.29) is 0 Å². The van der Waals surface area contributed by atoms with E-state index in [1.165, 1.54) is 0 Å². The van der Waals surface area contributed by atoms with E-state index in [4.69, 9.17) is 48.1 Å². The third kappa shape index (κ3) is 21.2. The molecule has 0 spiro atoms. The molecule has 5 fully saturated rings.